The van der Waals surface area contributed by atoms with E-state index in [1.807, 2.05) is 0 Å². The monoisotopic (exact) mass is 259 g/mol. The molecule has 2 nitrogen and oxygen atoms in total. The summed E-state index contributed by atoms with van der Waals surface area (Å²) in [5.41, 5.74) is 3.71. The molecule has 1 N–H and O–H groups in total. The normalized spacial score (nSPS) is 11.6. The third-order valence-corrected chi connectivity index (χ3v) is 3.35. The van der Waals surface area contributed by atoms with Crippen LogP contribution in [-0.4, -0.2) is 6.54 Å². The molecule has 0 spiro atoms. The van der Waals surface area contributed by atoms with Crippen LogP contribution in [0.15, 0.2) is 22.6 Å². The third-order valence-electron chi connectivity index (χ3n) is 3.35. The molecule has 0 atom stereocenters. The second-order valence-corrected chi connectivity index (χ2v) is 5.78. The van der Waals surface area contributed by atoms with E-state index in [1.165, 1.54) is 16.5 Å². The van der Waals surface area contributed by atoms with Crippen LogP contribution < -0.4 is 5.32 Å². The number of fused-ring (bicyclic) bond motifs is 1. The average molecular weight is 259 g/mol. The summed E-state index contributed by atoms with van der Waals surface area (Å²) in [7, 11) is 0. The van der Waals surface area contributed by atoms with Gasteiger partial charge in [0, 0.05) is 10.9 Å². The van der Waals surface area contributed by atoms with E-state index in [9.17, 15) is 0 Å². The highest BCUT2D eigenvalue weighted by molar-refractivity contribution is 5.83. The first-order valence-electron chi connectivity index (χ1n) is 7.33. The minimum Gasteiger partial charge on any atom is -0.459 e. The van der Waals surface area contributed by atoms with Crippen molar-refractivity contribution in [2.75, 3.05) is 6.54 Å². The molecule has 2 aromatic rings. The number of rotatable bonds is 6. The predicted octanol–water partition coefficient (Wildman–Crippen LogP) is 4.44. The molecule has 0 amide bonds. The van der Waals surface area contributed by atoms with Gasteiger partial charge < -0.3 is 9.73 Å². The molecule has 0 radical (unpaired) electrons. The van der Waals surface area contributed by atoms with Crippen LogP contribution >= 0.6 is 0 Å². The maximum atomic E-state index is 6.04. The third kappa shape index (κ3) is 3.38. The molecule has 104 valence electrons. The molecule has 0 aliphatic rings. The zero-order valence-electron chi connectivity index (χ0n) is 12.5. The average Bonchev–Trinajstić information content (AvgIpc) is 2.67. The van der Waals surface area contributed by atoms with Gasteiger partial charge in [-0.1, -0.05) is 32.4 Å². The lowest BCUT2D eigenvalue weighted by molar-refractivity contribution is 0.501. The van der Waals surface area contributed by atoms with Crippen LogP contribution in [0.2, 0.25) is 0 Å². The van der Waals surface area contributed by atoms with Gasteiger partial charge in [0.15, 0.2) is 0 Å². The molecule has 1 aromatic carbocycles. The van der Waals surface area contributed by atoms with Crippen molar-refractivity contribution < 1.29 is 4.42 Å². The number of aryl methyl sites for hydroxylation is 1. The Bertz CT molecular complexity index is 539. The Morgan fingerprint density at radius 1 is 1.26 bits per heavy atom. The molecule has 1 aromatic heterocycles. The van der Waals surface area contributed by atoms with E-state index < -0.39 is 0 Å². The minimum absolute atomic E-state index is 0.645. The SMILES string of the molecule is CCCNCc1oc2ccc(C)cc2c1CC(C)C. The molecule has 1 heterocycles. The van der Waals surface area contributed by atoms with Crippen molar-refractivity contribution in [2.45, 2.75) is 47.1 Å². The summed E-state index contributed by atoms with van der Waals surface area (Å²) >= 11 is 0. The van der Waals surface area contributed by atoms with Gasteiger partial charge in [-0.05, 0) is 44.4 Å². The first-order chi connectivity index (χ1) is 9.11. The summed E-state index contributed by atoms with van der Waals surface area (Å²) in [6.45, 7) is 10.7. The highest BCUT2D eigenvalue weighted by Gasteiger charge is 2.15. The maximum absolute atomic E-state index is 6.04. The summed E-state index contributed by atoms with van der Waals surface area (Å²) in [5, 5.41) is 4.74. The Kier molecular flexibility index (Phi) is 4.65. The second kappa shape index (κ2) is 6.25. The molecule has 0 saturated carbocycles. The quantitative estimate of drug-likeness (QED) is 0.776. The van der Waals surface area contributed by atoms with Gasteiger partial charge in [0.25, 0.3) is 0 Å². The molecule has 0 unspecified atom stereocenters. The molecule has 0 saturated heterocycles. The molecule has 2 heteroatoms. The molecule has 2 rings (SSSR count). The van der Waals surface area contributed by atoms with E-state index in [4.69, 9.17) is 4.42 Å². The fourth-order valence-corrected chi connectivity index (χ4v) is 2.47. The summed E-state index contributed by atoms with van der Waals surface area (Å²) in [4.78, 5) is 0. The van der Waals surface area contributed by atoms with Crippen LogP contribution in [0.3, 0.4) is 0 Å². The molecule has 0 fully saturated rings. The van der Waals surface area contributed by atoms with Crippen LogP contribution in [0.1, 0.15) is 44.1 Å². The lowest BCUT2D eigenvalue weighted by atomic mass is 9.99. The smallest absolute Gasteiger partial charge is 0.134 e. The molecule has 19 heavy (non-hydrogen) atoms. The number of furan rings is 1. The molecule has 0 aliphatic heterocycles. The van der Waals surface area contributed by atoms with E-state index in [-0.39, 0.29) is 0 Å². The molecular formula is C17H25NO. The van der Waals surface area contributed by atoms with Crippen molar-refractivity contribution in [3.63, 3.8) is 0 Å². The van der Waals surface area contributed by atoms with Gasteiger partial charge in [0.2, 0.25) is 0 Å². The van der Waals surface area contributed by atoms with Gasteiger partial charge in [0.1, 0.15) is 11.3 Å². The van der Waals surface area contributed by atoms with Crippen molar-refractivity contribution in [2.24, 2.45) is 5.92 Å². The first-order valence-corrected chi connectivity index (χ1v) is 7.33. The lowest BCUT2D eigenvalue weighted by Crippen LogP contribution is -2.14. The minimum atomic E-state index is 0.645. The topological polar surface area (TPSA) is 25.2 Å². The fraction of sp³-hybridized carbons (Fsp3) is 0.529. The van der Waals surface area contributed by atoms with Crippen LogP contribution in [-0.2, 0) is 13.0 Å². The van der Waals surface area contributed by atoms with E-state index in [1.54, 1.807) is 0 Å². The Morgan fingerprint density at radius 3 is 2.74 bits per heavy atom. The summed E-state index contributed by atoms with van der Waals surface area (Å²) in [6.07, 6.45) is 2.23. The largest absolute Gasteiger partial charge is 0.459 e. The van der Waals surface area contributed by atoms with Crippen molar-refractivity contribution in [3.8, 4) is 0 Å². The van der Waals surface area contributed by atoms with Crippen LogP contribution in [0.25, 0.3) is 11.0 Å². The van der Waals surface area contributed by atoms with Crippen LogP contribution in [0, 0.1) is 12.8 Å². The lowest BCUT2D eigenvalue weighted by Gasteiger charge is -2.07. The Hall–Kier alpha value is -1.28. The highest BCUT2D eigenvalue weighted by Crippen LogP contribution is 2.29. The van der Waals surface area contributed by atoms with Crippen LogP contribution in [0.4, 0.5) is 0 Å². The number of hydrogen-bond donors (Lipinski definition) is 1. The predicted molar refractivity (Wildman–Crippen MR) is 81.5 cm³/mol. The first kappa shape index (κ1) is 14.1. The van der Waals surface area contributed by atoms with Gasteiger partial charge in [-0.2, -0.15) is 0 Å². The van der Waals surface area contributed by atoms with Crippen molar-refractivity contribution >= 4 is 11.0 Å². The van der Waals surface area contributed by atoms with Crippen molar-refractivity contribution in [1.29, 1.82) is 0 Å². The van der Waals surface area contributed by atoms with Gasteiger partial charge >= 0.3 is 0 Å². The van der Waals surface area contributed by atoms with Gasteiger partial charge in [0.05, 0.1) is 6.54 Å². The zero-order chi connectivity index (χ0) is 13.8. The van der Waals surface area contributed by atoms with Crippen LogP contribution in [0.5, 0.6) is 0 Å². The summed E-state index contributed by atoms with van der Waals surface area (Å²) < 4.78 is 6.04. The van der Waals surface area contributed by atoms with Crippen molar-refractivity contribution in [3.05, 3.63) is 35.1 Å². The van der Waals surface area contributed by atoms with Gasteiger partial charge in [-0.3, -0.25) is 0 Å². The molecular weight excluding hydrogens is 234 g/mol. The zero-order valence-corrected chi connectivity index (χ0v) is 12.5. The van der Waals surface area contributed by atoms with Crippen molar-refractivity contribution in [1.82, 2.24) is 5.32 Å². The van der Waals surface area contributed by atoms with E-state index in [0.29, 0.717) is 5.92 Å². The van der Waals surface area contributed by atoms with E-state index >= 15 is 0 Å². The fourth-order valence-electron chi connectivity index (χ4n) is 2.47. The number of hydrogen-bond acceptors (Lipinski definition) is 2. The highest BCUT2D eigenvalue weighted by atomic mass is 16.3. The summed E-state index contributed by atoms with van der Waals surface area (Å²) in [5.74, 6) is 1.76. The molecule has 0 aliphatic carbocycles. The standard InChI is InChI=1S/C17H25NO/c1-5-8-18-11-17-14(9-12(2)3)15-10-13(4)6-7-16(15)19-17/h6-7,10,12,18H,5,8-9,11H2,1-4H3. The Balaban J connectivity index is 2.37. The number of benzene rings is 1. The van der Waals surface area contributed by atoms with E-state index in [2.05, 4.69) is 51.2 Å². The Morgan fingerprint density at radius 2 is 2.05 bits per heavy atom. The second-order valence-electron chi connectivity index (χ2n) is 5.78. The molecule has 0 bridgehead atoms. The van der Waals surface area contributed by atoms with E-state index in [0.717, 1.165) is 37.3 Å². The number of nitrogens with one attached hydrogen (secondary N) is 1. The maximum Gasteiger partial charge on any atom is 0.134 e. The van der Waals surface area contributed by atoms with Gasteiger partial charge in [-0.15, -0.1) is 0 Å². The van der Waals surface area contributed by atoms with Gasteiger partial charge in [-0.25, -0.2) is 0 Å². The summed E-state index contributed by atoms with van der Waals surface area (Å²) in [6, 6.07) is 6.46. The Labute approximate surface area is 116 Å².